The van der Waals surface area contributed by atoms with Crippen LogP contribution in [-0.4, -0.2) is 0 Å². The van der Waals surface area contributed by atoms with Crippen LogP contribution in [0.3, 0.4) is 0 Å². The molecule has 0 aromatic rings. The zero-order valence-corrected chi connectivity index (χ0v) is 12.0. The predicted molar refractivity (Wildman–Crippen MR) is 82.4 cm³/mol. The maximum atomic E-state index is 4.19. The molecule has 1 unspecified atom stereocenters. The average molecular weight is 240 g/mol. The molecule has 0 heterocycles. The highest BCUT2D eigenvalue weighted by Gasteiger charge is 2.24. The van der Waals surface area contributed by atoms with Gasteiger partial charge in [-0.1, -0.05) is 77.3 Å². The van der Waals surface area contributed by atoms with E-state index in [0.717, 1.165) is 0 Å². The Bertz CT molecular complexity index is 450. The van der Waals surface area contributed by atoms with E-state index in [4.69, 9.17) is 0 Å². The molecule has 0 aliphatic heterocycles. The van der Waals surface area contributed by atoms with E-state index in [1.165, 1.54) is 22.3 Å². The van der Waals surface area contributed by atoms with Gasteiger partial charge in [-0.3, -0.25) is 0 Å². The van der Waals surface area contributed by atoms with E-state index in [-0.39, 0.29) is 0 Å². The molecule has 0 spiro atoms. The van der Waals surface area contributed by atoms with Gasteiger partial charge in [0.05, 0.1) is 0 Å². The molecule has 0 N–H and O–H groups in total. The van der Waals surface area contributed by atoms with Crippen LogP contribution in [0.5, 0.6) is 0 Å². The van der Waals surface area contributed by atoms with Gasteiger partial charge in [-0.15, -0.1) is 0 Å². The second kappa shape index (κ2) is 6.39. The van der Waals surface area contributed by atoms with Crippen molar-refractivity contribution in [3.8, 4) is 0 Å². The highest BCUT2D eigenvalue weighted by atomic mass is 14.3. The van der Waals surface area contributed by atoms with Gasteiger partial charge in [-0.05, 0) is 28.2 Å². The first kappa shape index (κ1) is 14.5. The van der Waals surface area contributed by atoms with Gasteiger partial charge in [-0.2, -0.15) is 0 Å². The molecule has 0 radical (unpaired) electrons. The lowest BCUT2D eigenvalue weighted by molar-refractivity contribution is 0.766. The summed E-state index contributed by atoms with van der Waals surface area (Å²) in [6, 6.07) is 0. The van der Waals surface area contributed by atoms with Crippen LogP contribution in [0.4, 0.5) is 0 Å². The molecule has 0 fully saturated rings. The lowest BCUT2D eigenvalue weighted by atomic mass is 9.76. The van der Waals surface area contributed by atoms with E-state index in [0.29, 0.717) is 11.8 Å². The van der Waals surface area contributed by atoms with Crippen molar-refractivity contribution in [1.29, 1.82) is 0 Å². The highest BCUT2D eigenvalue weighted by Crippen LogP contribution is 2.38. The zero-order valence-electron chi connectivity index (χ0n) is 12.0. The summed E-state index contributed by atoms with van der Waals surface area (Å²) in [6.07, 6.45) is 12.8. The van der Waals surface area contributed by atoms with Crippen molar-refractivity contribution >= 4 is 0 Å². The largest absolute Gasteiger partial charge is 0.0988 e. The van der Waals surface area contributed by atoms with Crippen LogP contribution in [-0.2, 0) is 0 Å². The fraction of sp³-hybridized carbons (Fsp3) is 0.333. The first-order chi connectivity index (χ1) is 8.63. The highest BCUT2D eigenvalue weighted by molar-refractivity contribution is 5.56. The van der Waals surface area contributed by atoms with Gasteiger partial charge in [-0.25, -0.2) is 0 Å². The third kappa shape index (κ3) is 2.81. The predicted octanol–water partition coefficient (Wildman–Crippen LogP) is 5.39. The standard InChI is InChI=1S/C16H18.C2H6/c1-5-13-7-6-8-14-10-15(11(2)3)9-12(4)16(13)14;1-2/h5-11,16H,1,4H2,2-3H3;1-2H3. The minimum atomic E-state index is 0.324. The Balaban J connectivity index is 0.000000771. The molecule has 2 aliphatic rings. The summed E-state index contributed by atoms with van der Waals surface area (Å²) < 4.78 is 0. The Hall–Kier alpha value is -1.56. The lowest BCUT2D eigenvalue weighted by Crippen LogP contribution is -2.14. The normalized spacial score (nSPS) is 21.3. The molecule has 2 aliphatic carbocycles. The van der Waals surface area contributed by atoms with E-state index < -0.39 is 0 Å². The second-order valence-electron chi connectivity index (χ2n) is 4.68. The summed E-state index contributed by atoms with van der Waals surface area (Å²) >= 11 is 0. The number of hydrogen-bond donors (Lipinski definition) is 0. The Morgan fingerprint density at radius 2 is 1.89 bits per heavy atom. The van der Waals surface area contributed by atoms with E-state index in [1.54, 1.807) is 0 Å². The van der Waals surface area contributed by atoms with Crippen LogP contribution in [0.15, 0.2) is 71.9 Å². The average Bonchev–Trinajstić information content (AvgIpc) is 2.40. The van der Waals surface area contributed by atoms with Crippen molar-refractivity contribution in [3.05, 3.63) is 71.9 Å². The van der Waals surface area contributed by atoms with E-state index in [9.17, 15) is 0 Å². The number of allylic oxidation sites excluding steroid dienone is 10. The molecule has 0 heteroatoms. The fourth-order valence-corrected chi connectivity index (χ4v) is 2.27. The molecule has 96 valence electrons. The van der Waals surface area contributed by atoms with Crippen molar-refractivity contribution < 1.29 is 0 Å². The van der Waals surface area contributed by atoms with Crippen LogP contribution in [0.25, 0.3) is 0 Å². The van der Waals surface area contributed by atoms with Crippen molar-refractivity contribution in [2.75, 3.05) is 0 Å². The summed E-state index contributed by atoms with van der Waals surface area (Å²) in [5.41, 5.74) is 5.13. The van der Waals surface area contributed by atoms with Gasteiger partial charge in [0, 0.05) is 5.92 Å². The molecule has 0 amide bonds. The minimum Gasteiger partial charge on any atom is -0.0988 e. The van der Waals surface area contributed by atoms with E-state index in [2.05, 4.69) is 57.4 Å². The summed E-state index contributed by atoms with van der Waals surface area (Å²) in [5.74, 6) is 0.877. The second-order valence-corrected chi connectivity index (χ2v) is 4.68. The third-order valence-electron chi connectivity index (χ3n) is 3.20. The third-order valence-corrected chi connectivity index (χ3v) is 3.20. The molecule has 0 aromatic heterocycles. The van der Waals surface area contributed by atoms with Gasteiger partial charge in [0.25, 0.3) is 0 Å². The van der Waals surface area contributed by atoms with Crippen LogP contribution in [0.2, 0.25) is 0 Å². The number of fused-ring (bicyclic) bond motifs is 1. The maximum absolute atomic E-state index is 4.19. The van der Waals surface area contributed by atoms with Crippen LogP contribution in [0.1, 0.15) is 27.7 Å². The first-order valence-corrected chi connectivity index (χ1v) is 6.76. The van der Waals surface area contributed by atoms with Crippen LogP contribution >= 0.6 is 0 Å². The number of hydrogen-bond acceptors (Lipinski definition) is 0. The topological polar surface area (TPSA) is 0 Å². The Morgan fingerprint density at radius 1 is 1.22 bits per heavy atom. The smallest absolute Gasteiger partial charge is 0.0334 e. The van der Waals surface area contributed by atoms with Crippen molar-refractivity contribution in [3.63, 3.8) is 0 Å². The van der Waals surface area contributed by atoms with Crippen molar-refractivity contribution in [2.45, 2.75) is 27.7 Å². The molecule has 2 rings (SSSR count). The van der Waals surface area contributed by atoms with Gasteiger partial charge >= 0.3 is 0 Å². The molecule has 0 saturated heterocycles. The Morgan fingerprint density at radius 3 is 2.44 bits per heavy atom. The van der Waals surface area contributed by atoms with Gasteiger partial charge in [0.2, 0.25) is 0 Å². The monoisotopic (exact) mass is 240 g/mol. The molecular formula is C18H24. The summed E-state index contributed by atoms with van der Waals surface area (Å²) in [6.45, 7) is 16.5. The van der Waals surface area contributed by atoms with Gasteiger partial charge < -0.3 is 0 Å². The Labute approximate surface area is 112 Å². The molecule has 0 bridgehead atoms. The minimum absolute atomic E-state index is 0.324. The molecule has 0 nitrogen and oxygen atoms in total. The Kier molecular flexibility index (Phi) is 5.15. The summed E-state index contributed by atoms with van der Waals surface area (Å²) in [4.78, 5) is 0. The van der Waals surface area contributed by atoms with Gasteiger partial charge in [0.15, 0.2) is 0 Å². The molecule has 0 saturated carbocycles. The zero-order chi connectivity index (χ0) is 13.7. The maximum Gasteiger partial charge on any atom is 0.0334 e. The molecular weight excluding hydrogens is 216 g/mol. The van der Waals surface area contributed by atoms with Crippen molar-refractivity contribution in [2.24, 2.45) is 11.8 Å². The SMILES string of the molecule is C=CC1=CC=CC2=CC(C(C)C)=CC(=C)C12.CC. The molecule has 18 heavy (non-hydrogen) atoms. The molecule has 0 aromatic carbocycles. The first-order valence-electron chi connectivity index (χ1n) is 6.76. The fourth-order valence-electron chi connectivity index (χ4n) is 2.27. The van der Waals surface area contributed by atoms with Crippen LogP contribution in [0, 0.1) is 11.8 Å². The van der Waals surface area contributed by atoms with E-state index >= 15 is 0 Å². The molecule has 1 atom stereocenters. The van der Waals surface area contributed by atoms with Crippen molar-refractivity contribution in [1.82, 2.24) is 0 Å². The van der Waals surface area contributed by atoms with Crippen LogP contribution < -0.4 is 0 Å². The summed E-state index contributed by atoms with van der Waals surface area (Å²) in [5, 5.41) is 0. The van der Waals surface area contributed by atoms with Gasteiger partial charge in [0.1, 0.15) is 0 Å². The lowest BCUT2D eigenvalue weighted by Gasteiger charge is -2.28. The number of rotatable bonds is 2. The quantitative estimate of drug-likeness (QED) is 0.607. The summed E-state index contributed by atoms with van der Waals surface area (Å²) in [7, 11) is 0. The van der Waals surface area contributed by atoms with E-state index in [1.807, 2.05) is 19.9 Å².